The highest BCUT2D eigenvalue weighted by Crippen LogP contribution is 2.62. The molecule has 1 N–H and O–H groups in total. The number of hydrogen-bond acceptors (Lipinski definition) is 1. The zero-order chi connectivity index (χ0) is 12.9. The molecule has 0 aromatic heterocycles. The second-order valence-electron chi connectivity index (χ2n) is 7.76. The van der Waals surface area contributed by atoms with Crippen LogP contribution in [0.3, 0.4) is 0 Å². The monoisotopic (exact) mass is 238 g/mol. The Labute approximate surface area is 107 Å². The van der Waals surface area contributed by atoms with Crippen LogP contribution in [0.5, 0.6) is 0 Å². The minimum absolute atomic E-state index is 0.359. The van der Waals surface area contributed by atoms with Crippen LogP contribution in [0.2, 0.25) is 0 Å². The molecule has 1 heteroatoms. The van der Waals surface area contributed by atoms with Gasteiger partial charge < -0.3 is 5.11 Å². The Morgan fingerprint density at radius 1 is 1.06 bits per heavy atom. The zero-order valence-electron chi connectivity index (χ0n) is 12.3. The molecule has 2 aliphatic carbocycles. The third kappa shape index (κ3) is 1.95. The van der Waals surface area contributed by atoms with E-state index in [1.54, 1.807) is 0 Å². The molecule has 0 unspecified atom stereocenters. The molecular formula is C16H30O. The van der Waals surface area contributed by atoms with Crippen LogP contribution >= 0.6 is 0 Å². The average molecular weight is 238 g/mol. The normalized spacial score (nSPS) is 49.8. The highest BCUT2D eigenvalue weighted by Gasteiger charge is 2.57. The third-order valence-corrected chi connectivity index (χ3v) is 6.17. The van der Waals surface area contributed by atoms with Crippen LogP contribution in [0, 0.1) is 22.7 Å². The van der Waals surface area contributed by atoms with Crippen molar-refractivity contribution in [3.63, 3.8) is 0 Å². The fraction of sp³-hybridized carbons (Fsp3) is 1.00. The SMILES string of the molecule is CC[C@@H]1[C@]2(C)CCCC(C)(C)[C@@H]2CC[C@@]1(C)O. The van der Waals surface area contributed by atoms with Crippen molar-refractivity contribution >= 4 is 0 Å². The van der Waals surface area contributed by atoms with Gasteiger partial charge in [0.25, 0.3) is 0 Å². The molecule has 0 amide bonds. The molecule has 17 heavy (non-hydrogen) atoms. The largest absolute Gasteiger partial charge is 0.390 e. The molecule has 0 aliphatic heterocycles. The lowest BCUT2D eigenvalue weighted by Crippen LogP contribution is -2.57. The number of fused-ring (bicyclic) bond motifs is 1. The van der Waals surface area contributed by atoms with Gasteiger partial charge in [-0.15, -0.1) is 0 Å². The van der Waals surface area contributed by atoms with E-state index in [1.165, 1.54) is 25.7 Å². The van der Waals surface area contributed by atoms with Crippen LogP contribution in [0.15, 0.2) is 0 Å². The van der Waals surface area contributed by atoms with Crippen LogP contribution < -0.4 is 0 Å². The van der Waals surface area contributed by atoms with Gasteiger partial charge in [-0.3, -0.25) is 0 Å². The maximum absolute atomic E-state index is 10.7. The van der Waals surface area contributed by atoms with E-state index in [9.17, 15) is 5.11 Å². The second kappa shape index (κ2) is 3.98. The minimum atomic E-state index is -0.437. The molecular weight excluding hydrogens is 208 g/mol. The van der Waals surface area contributed by atoms with Gasteiger partial charge in [0.05, 0.1) is 5.60 Å². The number of rotatable bonds is 1. The van der Waals surface area contributed by atoms with Gasteiger partial charge in [-0.05, 0) is 55.3 Å². The van der Waals surface area contributed by atoms with Crippen molar-refractivity contribution in [3.05, 3.63) is 0 Å². The molecule has 0 spiro atoms. The molecule has 0 saturated heterocycles. The second-order valence-corrected chi connectivity index (χ2v) is 7.76. The summed E-state index contributed by atoms with van der Waals surface area (Å²) in [7, 11) is 0. The zero-order valence-corrected chi connectivity index (χ0v) is 12.3. The quantitative estimate of drug-likeness (QED) is 0.718. The van der Waals surface area contributed by atoms with E-state index in [2.05, 4.69) is 34.6 Å². The van der Waals surface area contributed by atoms with Crippen LogP contribution in [-0.4, -0.2) is 10.7 Å². The minimum Gasteiger partial charge on any atom is -0.390 e. The first-order valence-corrected chi connectivity index (χ1v) is 7.46. The molecule has 0 aromatic rings. The van der Waals surface area contributed by atoms with E-state index in [0.717, 1.165) is 18.8 Å². The molecule has 2 saturated carbocycles. The van der Waals surface area contributed by atoms with Crippen LogP contribution in [0.1, 0.15) is 73.1 Å². The van der Waals surface area contributed by atoms with Gasteiger partial charge in [0.2, 0.25) is 0 Å². The smallest absolute Gasteiger partial charge is 0.0653 e. The molecule has 2 fully saturated rings. The molecule has 0 aromatic carbocycles. The first-order chi connectivity index (χ1) is 7.74. The average Bonchev–Trinajstić information content (AvgIpc) is 2.14. The number of hydrogen-bond donors (Lipinski definition) is 1. The van der Waals surface area contributed by atoms with Gasteiger partial charge in [0.1, 0.15) is 0 Å². The Balaban J connectivity index is 2.37. The predicted octanol–water partition coefficient (Wildman–Crippen LogP) is 4.39. The molecule has 0 heterocycles. The lowest BCUT2D eigenvalue weighted by atomic mass is 9.45. The van der Waals surface area contributed by atoms with Crippen molar-refractivity contribution in [1.29, 1.82) is 0 Å². The van der Waals surface area contributed by atoms with Gasteiger partial charge in [-0.25, -0.2) is 0 Å². The molecule has 1 nitrogen and oxygen atoms in total. The summed E-state index contributed by atoms with van der Waals surface area (Å²) in [6.45, 7) is 11.7. The van der Waals surface area contributed by atoms with Crippen molar-refractivity contribution in [2.75, 3.05) is 0 Å². The Morgan fingerprint density at radius 2 is 1.71 bits per heavy atom. The van der Waals surface area contributed by atoms with E-state index in [4.69, 9.17) is 0 Å². The number of aliphatic hydroxyl groups is 1. The lowest BCUT2D eigenvalue weighted by Gasteiger charge is -2.61. The van der Waals surface area contributed by atoms with E-state index in [0.29, 0.717) is 16.7 Å². The topological polar surface area (TPSA) is 20.2 Å². The van der Waals surface area contributed by atoms with Crippen LogP contribution in [-0.2, 0) is 0 Å². The Kier molecular flexibility index (Phi) is 3.14. The van der Waals surface area contributed by atoms with Crippen LogP contribution in [0.25, 0.3) is 0 Å². The van der Waals surface area contributed by atoms with E-state index in [1.807, 2.05) is 0 Å². The lowest BCUT2D eigenvalue weighted by molar-refractivity contribution is -0.167. The van der Waals surface area contributed by atoms with Crippen LogP contribution in [0.4, 0.5) is 0 Å². The summed E-state index contributed by atoms with van der Waals surface area (Å²) in [6.07, 6.45) is 7.35. The third-order valence-electron chi connectivity index (χ3n) is 6.17. The summed E-state index contributed by atoms with van der Waals surface area (Å²) in [5.74, 6) is 1.28. The van der Waals surface area contributed by atoms with Gasteiger partial charge in [0, 0.05) is 0 Å². The van der Waals surface area contributed by atoms with E-state index >= 15 is 0 Å². The molecule has 4 atom stereocenters. The van der Waals surface area contributed by atoms with Crippen molar-refractivity contribution in [2.24, 2.45) is 22.7 Å². The molecule has 100 valence electrons. The fourth-order valence-electron chi connectivity index (χ4n) is 5.53. The van der Waals surface area contributed by atoms with Gasteiger partial charge >= 0.3 is 0 Å². The van der Waals surface area contributed by atoms with Crippen molar-refractivity contribution < 1.29 is 5.11 Å². The predicted molar refractivity (Wildman–Crippen MR) is 72.9 cm³/mol. The summed E-state index contributed by atoms with van der Waals surface area (Å²) in [5, 5.41) is 10.7. The summed E-state index contributed by atoms with van der Waals surface area (Å²) in [5.41, 5.74) is 0.391. The maximum atomic E-state index is 10.7. The van der Waals surface area contributed by atoms with E-state index < -0.39 is 5.60 Å². The summed E-state index contributed by atoms with van der Waals surface area (Å²) >= 11 is 0. The summed E-state index contributed by atoms with van der Waals surface area (Å²) in [6, 6.07) is 0. The van der Waals surface area contributed by atoms with Gasteiger partial charge in [0.15, 0.2) is 0 Å². The van der Waals surface area contributed by atoms with Crippen molar-refractivity contribution in [3.8, 4) is 0 Å². The molecule has 0 bridgehead atoms. The van der Waals surface area contributed by atoms with Crippen molar-refractivity contribution in [2.45, 2.75) is 78.7 Å². The van der Waals surface area contributed by atoms with Gasteiger partial charge in [-0.1, -0.05) is 40.5 Å². The Hall–Kier alpha value is -0.0400. The molecule has 2 aliphatic rings. The first kappa shape index (κ1) is 13.4. The van der Waals surface area contributed by atoms with Crippen molar-refractivity contribution in [1.82, 2.24) is 0 Å². The highest BCUT2D eigenvalue weighted by molar-refractivity contribution is 5.06. The van der Waals surface area contributed by atoms with Gasteiger partial charge in [-0.2, -0.15) is 0 Å². The standard InChI is InChI=1S/C16H30O/c1-6-12-15(4)10-7-9-14(2,3)13(15)8-11-16(12,5)17/h12-13,17H,6-11H2,1-5H3/t12-,13+,15+,16-/m1/s1. The van der Waals surface area contributed by atoms with E-state index in [-0.39, 0.29) is 0 Å². The highest BCUT2D eigenvalue weighted by atomic mass is 16.3. The fourth-order valence-corrected chi connectivity index (χ4v) is 5.53. The first-order valence-electron chi connectivity index (χ1n) is 7.46. The molecule has 2 rings (SSSR count). The Bertz CT molecular complexity index is 280. The summed E-state index contributed by atoms with van der Waals surface area (Å²) in [4.78, 5) is 0. The Morgan fingerprint density at radius 3 is 2.29 bits per heavy atom. The molecule has 0 radical (unpaired) electrons. The summed E-state index contributed by atoms with van der Waals surface area (Å²) < 4.78 is 0. The maximum Gasteiger partial charge on any atom is 0.0653 e.